The summed E-state index contributed by atoms with van der Waals surface area (Å²) in [6, 6.07) is 1.94. The van der Waals surface area contributed by atoms with E-state index < -0.39 is 40.4 Å². The number of rotatable bonds is 1. The number of aromatic amines is 1. The van der Waals surface area contributed by atoms with Crippen molar-refractivity contribution >= 4 is 0 Å². The Hall–Kier alpha value is -2.38. The van der Waals surface area contributed by atoms with E-state index in [1.807, 2.05) is 0 Å². The van der Waals surface area contributed by atoms with Gasteiger partial charge in [-0.15, -0.1) is 0 Å². The largest absolute Gasteiger partial charge is 0.493 e. The highest BCUT2D eigenvalue weighted by atomic mass is 19.4. The number of halogens is 4. The van der Waals surface area contributed by atoms with Crippen LogP contribution in [0.2, 0.25) is 0 Å². The zero-order valence-electron chi connectivity index (χ0n) is 10.0. The van der Waals surface area contributed by atoms with Gasteiger partial charge in [0.2, 0.25) is 5.88 Å². The van der Waals surface area contributed by atoms with Gasteiger partial charge in [0.15, 0.2) is 0 Å². The van der Waals surface area contributed by atoms with Crippen LogP contribution in [0.1, 0.15) is 11.1 Å². The lowest BCUT2D eigenvalue weighted by Crippen LogP contribution is -2.14. The normalized spacial score (nSPS) is 11.7. The van der Waals surface area contributed by atoms with Crippen LogP contribution >= 0.6 is 0 Å². The van der Waals surface area contributed by atoms with Crippen molar-refractivity contribution in [1.29, 1.82) is 0 Å². The number of aromatic nitrogens is 2. The van der Waals surface area contributed by atoms with Gasteiger partial charge in [0.05, 0.1) is 11.1 Å². The van der Waals surface area contributed by atoms with Crippen LogP contribution in [-0.4, -0.2) is 15.1 Å². The number of H-pyrrole nitrogens is 1. The van der Waals surface area contributed by atoms with Gasteiger partial charge in [0.1, 0.15) is 11.6 Å². The second-order valence-electron chi connectivity index (χ2n) is 4.05. The quantitative estimate of drug-likeness (QED) is 0.793. The van der Waals surface area contributed by atoms with E-state index in [-0.39, 0.29) is 5.56 Å². The van der Waals surface area contributed by atoms with E-state index in [1.165, 1.54) is 6.92 Å². The van der Waals surface area contributed by atoms with Crippen LogP contribution < -0.4 is 5.56 Å². The molecule has 0 bridgehead atoms. The lowest BCUT2D eigenvalue weighted by atomic mass is 10.1. The summed E-state index contributed by atoms with van der Waals surface area (Å²) < 4.78 is 51.5. The molecular formula is C12H8F4N2O2. The van der Waals surface area contributed by atoms with E-state index in [2.05, 4.69) is 9.97 Å². The monoisotopic (exact) mass is 288 g/mol. The Kier molecular flexibility index (Phi) is 3.24. The molecule has 2 aromatic rings. The zero-order valence-corrected chi connectivity index (χ0v) is 10.0. The molecule has 0 atom stereocenters. The first-order valence-corrected chi connectivity index (χ1v) is 5.37. The molecule has 2 rings (SSSR count). The van der Waals surface area contributed by atoms with Gasteiger partial charge in [-0.1, -0.05) is 0 Å². The summed E-state index contributed by atoms with van der Waals surface area (Å²) in [5.74, 6) is -2.23. The molecule has 0 saturated heterocycles. The molecule has 1 aromatic carbocycles. The number of benzene rings is 1. The number of alkyl halides is 3. The first kappa shape index (κ1) is 14.0. The molecule has 20 heavy (non-hydrogen) atoms. The number of nitrogens with zero attached hydrogens (tertiary/aromatic N) is 1. The van der Waals surface area contributed by atoms with Gasteiger partial charge < -0.3 is 10.1 Å². The Bertz CT molecular complexity index is 722. The second kappa shape index (κ2) is 4.62. The predicted octanol–water partition coefficient (Wildman–Crippen LogP) is 2.61. The molecule has 1 aromatic heterocycles. The summed E-state index contributed by atoms with van der Waals surface area (Å²) in [7, 11) is 0. The fourth-order valence-corrected chi connectivity index (χ4v) is 1.61. The highest BCUT2D eigenvalue weighted by Crippen LogP contribution is 2.36. The van der Waals surface area contributed by atoms with Crippen LogP contribution in [0.5, 0.6) is 5.88 Å². The van der Waals surface area contributed by atoms with Gasteiger partial charge in [0, 0.05) is 5.56 Å². The third kappa shape index (κ3) is 2.49. The first-order valence-electron chi connectivity index (χ1n) is 5.37. The number of nitrogens with one attached hydrogen (secondary N) is 1. The molecule has 0 aliphatic rings. The SMILES string of the molecule is Cc1c(O)nc(-c2ccc(F)cc2C(F)(F)F)[nH]c1=O. The van der Waals surface area contributed by atoms with Crippen LogP contribution in [0.15, 0.2) is 23.0 Å². The van der Waals surface area contributed by atoms with E-state index in [0.29, 0.717) is 6.07 Å². The number of hydrogen-bond acceptors (Lipinski definition) is 3. The smallest absolute Gasteiger partial charge is 0.417 e. The molecular weight excluding hydrogens is 280 g/mol. The van der Waals surface area contributed by atoms with Crippen LogP contribution in [-0.2, 0) is 6.18 Å². The number of hydrogen-bond donors (Lipinski definition) is 2. The number of aromatic hydroxyl groups is 1. The fourth-order valence-electron chi connectivity index (χ4n) is 1.61. The first-order chi connectivity index (χ1) is 9.20. The van der Waals surface area contributed by atoms with Crippen molar-refractivity contribution in [3.05, 3.63) is 45.5 Å². The average Bonchev–Trinajstić information content (AvgIpc) is 2.34. The summed E-state index contributed by atoms with van der Waals surface area (Å²) >= 11 is 0. The molecule has 4 nitrogen and oxygen atoms in total. The Balaban J connectivity index is 2.74. The lowest BCUT2D eigenvalue weighted by Gasteiger charge is -2.12. The van der Waals surface area contributed by atoms with E-state index in [4.69, 9.17) is 0 Å². The topological polar surface area (TPSA) is 66.0 Å². The molecule has 106 valence electrons. The maximum Gasteiger partial charge on any atom is 0.417 e. The fraction of sp³-hybridized carbons (Fsp3) is 0.167. The third-order valence-electron chi connectivity index (χ3n) is 2.67. The zero-order chi connectivity index (χ0) is 15.1. The molecule has 0 aliphatic carbocycles. The van der Waals surface area contributed by atoms with Crippen LogP contribution in [0, 0.1) is 12.7 Å². The van der Waals surface area contributed by atoms with E-state index in [9.17, 15) is 27.5 Å². The molecule has 0 amide bonds. The van der Waals surface area contributed by atoms with E-state index in [0.717, 1.165) is 12.1 Å². The highest BCUT2D eigenvalue weighted by Gasteiger charge is 2.35. The van der Waals surface area contributed by atoms with Crippen molar-refractivity contribution in [3.63, 3.8) is 0 Å². The van der Waals surface area contributed by atoms with Gasteiger partial charge in [-0.3, -0.25) is 4.79 Å². The third-order valence-corrected chi connectivity index (χ3v) is 2.67. The summed E-state index contributed by atoms with van der Waals surface area (Å²) in [5.41, 5.74) is -2.70. The summed E-state index contributed by atoms with van der Waals surface area (Å²) in [6.07, 6.45) is -4.82. The molecule has 2 N–H and O–H groups in total. The van der Waals surface area contributed by atoms with Crippen LogP contribution in [0.25, 0.3) is 11.4 Å². The molecule has 0 aliphatic heterocycles. The lowest BCUT2D eigenvalue weighted by molar-refractivity contribution is -0.137. The van der Waals surface area contributed by atoms with Crippen molar-refractivity contribution in [2.24, 2.45) is 0 Å². The minimum Gasteiger partial charge on any atom is -0.493 e. The van der Waals surface area contributed by atoms with E-state index in [1.54, 1.807) is 0 Å². The highest BCUT2D eigenvalue weighted by molar-refractivity contribution is 5.61. The minimum absolute atomic E-state index is 0.121. The van der Waals surface area contributed by atoms with Gasteiger partial charge in [-0.2, -0.15) is 18.2 Å². The van der Waals surface area contributed by atoms with Crippen molar-refractivity contribution < 1.29 is 22.7 Å². The standard InChI is InChI=1S/C12H8F4N2O2/c1-5-10(19)17-9(18-11(5)20)7-3-2-6(13)4-8(7)12(14,15)16/h2-4H,1H3,(H2,17,18,19,20). The second-order valence-corrected chi connectivity index (χ2v) is 4.05. The van der Waals surface area contributed by atoms with Crippen molar-refractivity contribution in [1.82, 2.24) is 9.97 Å². The Morgan fingerprint density at radius 3 is 2.50 bits per heavy atom. The predicted molar refractivity (Wildman–Crippen MR) is 61.7 cm³/mol. The van der Waals surface area contributed by atoms with Gasteiger partial charge >= 0.3 is 6.18 Å². The molecule has 0 spiro atoms. The van der Waals surface area contributed by atoms with Gasteiger partial charge in [-0.25, -0.2) is 4.39 Å². The summed E-state index contributed by atoms with van der Waals surface area (Å²) in [6.45, 7) is 1.26. The maximum atomic E-state index is 13.0. The van der Waals surface area contributed by atoms with Crippen LogP contribution in [0.3, 0.4) is 0 Å². The molecule has 0 radical (unpaired) electrons. The van der Waals surface area contributed by atoms with Gasteiger partial charge in [-0.05, 0) is 25.1 Å². The molecule has 0 saturated carbocycles. The van der Waals surface area contributed by atoms with Crippen molar-refractivity contribution in [2.75, 3.05) is 0 Å². The molecule has 0 fully saturated rings. The summed E-state index contributed by atoms with van der Waals surface area (Å²) in [5, 5.41) is 9.40. The Labute approximate surface area is 109 Å². The van der Waals surface area contributed by atoms with Crippen molar-refractivity contribution in [2.45, 2.75) is 13.1 Å². The van der Waals surface area contributed by atoms with Gasteiger partial charge in [0.25, 0.3) is 5.56 Å². The Morgan fingerprint density at radius 2 is 1.95 bits per heavy atom. The molecule has 8 heteroatoms. The van der Waals surface area contributed by atoms with E-state index >= 15 is 0 Å². The molecule has 0 unspecified atom stereocenters. The minimum atomic E-state index is -4.82. The Morgan fingerprint density at radius 1 is 1.30 bits per heavy atom. The molecule has 1 heterocycles. The van der Waals surface area contributed by atoms with Crippen LogP contribution in [0.4, 0.5) is 17.6 Å². The summed E-state index contributed by atoms with van der Waals surface area (Å²) in [4.78, 5) is 17.1. The maximum absolute atomic E-state index is 13.0. The van der Waals surface area contributed by atoms with Crippen molar-refractivity contribution in [3.8, 4) is 17.3 Å². The average molecular weight is 288 g/mol.